The van der Waals surface area contributed by atoms with Crippen molar-refractivity contribution in [3.8, 4) is 0 Å². The van der Waals surface area contributed by atoms with Crippen molar-refractivity contribution in [2.45, 2.75) is 19.8 Å². The first-order valence-corrected chi connectivity index (χ1v) is 4.31. The van der Waals surface area contributed by atoms with Crippen LogP contribution in [0.2, 0.25) is 0 Å². The van der Waals surface area contributed by atoms with Crippen LogP contribution in [-0.2, 0) is 6.42 Å². The first-order valence-electron chi connectivity index (χ1n) is 4.31. The molecule has 4 N–H and O–H groups in total. The van der Waals surface area contributed by atoms with Crippen LogP contribution >= 0.6 is 0 Å². The fourth-order valence-corrected chi connectivity index (χ4v) is 1.34. The van der Waals surface area contributed by atoms with E-state index in [2.05, 4.69) is 4.98 Å². The van der Waals surface area contributed by atoms with Crippen LogP contribution in [-0.4, -0.2) is 16.1 Å². The van der Waals surface area contributed by atoms with Crippen LogP contribution in [0.3, 0.4) is 0 Å². The maximum Gasteiger partial charge on any atom is 0.341 e. The summed E-state index contributed by atoms with van der Waals surface area (Å²) in [5.74, 6) is -1.02. The van der Waals surface area contributed by atoms with E-state index >= 15 is 0 Å². The van der Waals surface area contributed by atoms with Gasteiger partial charge in [0.1, 0.15) is 11.4 Å². The fourth-order valence-electron chi connectivity index (χ4n) is 1.34. The zero-order chi connectivity index (χ0) is 10.7. The standard InChI is InChI=1S/C9H12N2O3/c1-2-3-5-4-6(10)11-8(12)7(5)9(13)14/h4H,2-3H2,1H3,(H,13,14)(H3,10,11,12). The van der Waals surface area contributed by atoms with Crippen molar-refractivity contribution in [2.24, 2.45) is 0 Å². The average molecular weight is 196 g/mol. The molecule has 1 aromatic heterocycles. The minimum Gasteiger partial charge on any atom is -0.477 e. The van der Waals surface area contributed by atoms with Gasteiger partial charge < -0.3 is 15.8 Å². The molecule has 5 heteroatoms. The molecule has 0 unspecified atom stereocenters. The number of anilines is 1. The fraction of sp³-hybridized carbons (Fsp3) is 0.333. The Morgan fingerprint density at radius 3 is 2.79 bits per heavy atom. The molecule has 14 heavy (non-hydrogen) atoms. The molecule has 76 valence electrons. The number of nitrogens with one attached hydrogen (secondary N) is 1. The molecular weight excluding hydrogens is 184 g/mol. The number of aromatic carboxylic acids is 1. The molecule has 0 amide bonds. The highest BCUT2D eigenvalue weighted by atomic mass is 16.4. The van der Waals surface area contributed by atoms with Crippen LogP contribution in [0.25, 0.3) is 0 Å². The van der Waals surface area contributed by atoms with Crippen LogP contribution in [0.1, 0.15) is 29.3 Å². The van der Waals surface area contributed by atoms with Gasteiger partial charge in [0.2, 0.25) is 0 Å². The lowest BCUT2D eigenvalue weighted by Crippen LogP contribution is -2.21. The first kappa shape index (κ1) is 10.3. The second kappa shape index (κ2) is 3.95. The zero-order valence-corrected chi connectivity index (χ0v) is 7.83. The number of carbonyl (C=O) groups is 1. The Labute approximate surface area is 80.6 Å². The maximum atomic E-state index is 11.3. The highest BCUT2D eigenvalue weighted by molar-refractivity contribution is 5.89. The molecule has 0 saturated carbocycles. The molecule has 1 rings (SSSR count). The predicted octanol–water partition coefficient (Wildman–Crippen LogP) is 0.608. The first-order chi connectivity index (χ1) is 6.56. The number of nitrogens with two attached hydrogens (primary N) is 1. The molecule has 0 atom stereocenters. The Balaban J connectivity index is 3.36. The van der Waals surface area contributed by atoms with Gasteiger partial charge in [-0.2, -0.15) is 0 Å². The van der Waals surface area contributed by atoms with Crippen molar-refractivity contribution in [3.63, 3.8) is 0 Å². The molecular formula is C9H12N2O3. The van der Waals surface area contributed by atoms with Gasteiger partial charge in [0.25, 0.3) is 5.56 Å². The largest absolute Gasteiger partial charge is 0.477 e. The lowest BCUT2D eigenvalue weighted by molar-refractivity contribution is 0.0694. The Morgan fingerprint density at radius 1 is 1.64 bits per heavy atom. The summed E-state index contributed by atoms with van der Waals surface area (Å²) < 4.78 is 0. The van der Waals surface area contributed by atoms with Gasteiger partial charge in [-0.3, -0.25) is 4.79 Å². The van der Waals surface area contributed by atoms with E-state index in [4.69, 9.17) is 10.8 Å². The molecule has 0 aromatic carbocycles. The number of carboxylic acids is 1. The van der Waals surface area contributed by atoms with Gasteiger partial charge in [-0.15, -0.1) is 0 Å². The number of pyridine rings is 1. The number of aromatic nitrogens is 1. The van der Waals surface area contributed by atoms with E-state index in [9.17, 15) is 9.59 Å². The number of hydrogen-bond acceptors (Lipinski definition) is 3. The van der Waals surface area contributed by atoms with Gasteiger partial charge in [0, 0.05) is 0 Å². The summed E-state index contributed by atoms with van der Waals surface area (Å²) in [6.07, 6.45) is 1.30. The third kappa shape index (κ3) is 1.93. The summed E-state index contributed by atoms with van der Waals surface area (Å²) in [6.45, 7) is 1.91. The second-order valence-electron chi connectivity index (χ2n) is 3.01. The van der Waals surface area contributed by atoms with E-state index in [1.807, 2.05) is 6.92 Å². The van der Waals surface area contributed by atoms with Crippen LogP contribution < -0.4 is 11.3 Å². The number of aromatic amines is 1. The van der Waals surface area contributed by atoms with E-state index in [1.165, 1.54) is 6.07 Å². The number of hydrogen-bond donors (Lipinski definition) is 3. The van der Waals surface area contributed by atoms with Crippen molar-refractivity contribution < 1.29 is 9.90 Å². The van der Waals surface area contributed by atoms with Crippen molar-refractivity contribution in [1.29, 1.82) is 0 Å². The summed E-state index contributed by atoms with van der Waals surface area (Å²) in [4.78, 5) is 24.3. The molecule has 1 aromatic rings. The maximum absolute atomic E-state index is 11.3. The van der Waals surface area contributed by atoms with Gasteiger partial charge in [-0.05, 0) is 18.1 Å². The lowest BCUT2D eigenvalue weighted by atomic mass is 10.1. The Bertz CT molecular complexity index is 409. The SMILES string of the molecule is CCCc1cc(N)[nH]c(=O)c1C(=O)O. The van der Waals surface area contributed by atoms with Crippen LogP contribution in [0.4, 0.5) is 5.82 Å². The number of nitrogen functional groups attached to an aromatic ring is 1. The van der Waals surface area contributed by atoms with Crippen LogP contribution in [0.15, 0.2) is 10.9 Å². The average Bonchev–Trinajstić information content (AvgIpc) is 2.01. The molecule has 0 aliphatic rings. The molecule has 0 aliphatic heterocycles. The molecule has 0 spiro atoms. The van der Waals surface area contributed by atoms with E-state index in [0.717, 1.165) is 6.42 Å². The molecule has 0 saturated heterocycles. The Hall–Kier alpha value is -1.78. The van der Waals surface area contributed by atoms with E-state index in [-0.39, 0.29) is 11.4 Å². The highest BCUT2D eigenvalue weighted by Crippen LogP contribution is 2.09. The Morgan fingerprint density at radius 2 is 2.29 bits per heavy atom. The summed E-state index contributed by atoms with van der Waals surface area (Å²) in [7, 11) is 0. The van der Waals surface area contributed by atoms with Gasteiger partial charge in [-0.25, -0.2) is 4.79 Å². The molecule has 5 nitrogen and oxygen atoms in total. The van der Waals surface area contributed by atoms with Crippen molar-refractivity contribution in [1.82, 2.24) is 4.98 Å². The molecule has 1 heterocycles. The lowest BCUT2D eigenvalue weighted by Gasteiger charge is -2.04. The molecule has 0 radical (unpaired) electrons. The van der Waals surface area contributed by atoms with Crippen molar-refractivity contribution in [3.05, 3.63) is 27.5 Å². The number of carboxylic acid groups (broad SMARTS) is 1. The van der Waals surface area contributed by atoms with Gasteiger partial charge in [-0.1, -0.05) is 13.3 Å². The smallest absolute Gasteiger partial charge is 0.341 e. The third-order valence-electron chi connectivity index (χ3n) is 1.87. The highest BCUT2D eigenvalue weighted by Gasteiger charge is 2.14. The minimum atomic E-state index is -1.21. The van der Waals surface area contributed by atoms with Crippen molar-refractivity contribution in [2.75, 3.05) is 5.73 Å². The number of rotatable bonds is 3. The van der Waals surface area contributed by atoms with E-state index in [0.29, 0.717) is 12.0 Å². The van der Waals surface area contributed by atoms with E-state index in [1.54, 1.807) is 0 Å². The van der Waals surface area contributed by atoms with Gasteiger partial charge >= 0.3 is 5.97 Å². The second-order valence-corrected chi connectivity index (χ2v) is 3.01. The summed E-state index contributed by atoms with van der Waals surface area (Å²) in [5.41, 5.74) is 5.05. The predicted molar refractivity (Wildman–Crippen MR) is 52.4 cm³/mol. The third-order valence-corrected chi connectivity index (χ3v) is 1.87. The van der Waals surface area contributed by atoms with Crippen molar-refractivity contribution >= 4 is 11.8 Å². The summed E-state index contributed by atoms with van der Waals surface area (Å²) in [6, 6.07) is 1.49. The number of aryl methyl sites for hydroxylation is 1. The summed E-state index contributed by atoms with van der Waals surface area (Å²) in [5, 5.41) is 8.80. The Kier molecular flexibility index (Phi) is 2.91. The monoisotopic (exact) mass is 196 g/mol. The zero-order valence-electron chi connectivity index (χ0n) is 7.83. The topological polar surface area (TPSA) is 96.2 Å². The molecule has 0 fully saturated rings. The molecule has 0 bridgehead atoms. The van der Waals surface area contributed by atoms with E-state index < -0.39 is 11.5 Å². The molecule has 0 aliphatic carbocycles. The summed E-state index contributed by atoms with van der Waals surface area (Å²) >= 11 is 0. The van der Waals surface area contributed by atoms with Crippen LogP contribution in [0.5, 0.6) is 0 Å². The minimum absolute atomic E-state index is 0.198. The van der Waals surface area contributed by atoms with Gasteiger partial charge in [0.05, 0.1) is 0 Å². The normalized spacial score (nSPS) is 10.1. The van der Waals surface area contributed by atoms with Gasteiger partial charge in [0.15, 0.2) is 0 Å². The number of H-pyrrole nitrogens is 1. The quantitative estimate of drug-likeness (QED) is 0.659. The van der Waals surface area contributed by atoms with Crippen LogP contribution in [0, 0.1) is 0 Å².